The number of likely N-dealkylation sites (N-methyl/N-ethyl adjacent to an activating group) is 1. The summed E-state index contributed by atoms with van der Waals surface area (Å²) in [6.45, 7) is 7.82. The first-order valence-electron chi connectivity index (χ1n) is 9.44. The van der Waals surface area contributed by atoms with Crippen molar-refractivity contribution in [1.29, 1.82) is 0 Å². The molecule has 1 aromatic rings. The molecule has 1 aromatic carbocycles. The van der Waals surface area contributed by atoms with Crippen LogP contribution in [-0.4, -0.2) is 68.2 Å². The Balaban J connectivity index is 0.00000243. The second kappa shape index (κ2) is 9.90. The summed E-state index contributed by atoms with van der Waals surface area (Å²) in [5.74, 6) is 0.984. The average molecular weight is 472 g/mol. The third kappa shape index (κ3) is 5.33. The minimum absolute atomic E-state index is 0. The van der Waals surface area contributed by atoms with E-state index < -0.39 is 0 Å². The van der Waals surface area contributed by atoms with Crippen LogP contribution in [0.15, 0.2) is 29.3 Å². The van der Waals surface area contributed by atoms with Crippen LogP contribution in [0.4, 0.5) is 0 Å². The summed E-state index contributed by atoms with van der Waals surface area (Å²) in [5.41, 5.74) is 2.57. The molecule has 2 aliphatic rings. The van der Waals surface area contributed by atoms with Gasteiger partial charge in [0.2, 0.25) is 0 Å². The molecule has 1 saturated heterocycles. The van der Waals surface area contributed by atoms with Crippen molar-refractivity contribution in [3.63, 3.8) is 0 Å². The van der Waals surface area contributed by atoms with Gasteiger partial charge < -0.3 is 15.0 Å². The number of morpholine rings is 1. The van der Waals surface area contributed by atoms with Crippen molar-refractivity contribution in [2.75, 3.05) is 40.3 Å². The first-order valence-corrected chi connectivity index (χ1v) is 9.44. The molecule has 2 fully saturated rings. The number of guanidine groups is 1. The quantitative estimate of drug-likeness (QED) is 0.407. The molecule has 0 radical (unpaired) electrons. The minimum atomic E-state index is 0. The molecule has 1 aliphatic heterocycles. The van der Waals surface area contributed by atoms with E-state index in [0.717, 1.165) is 38.2 Å². The van der Waals surface area contributed by atoms with Crippen LogP contribution in [-0.2, 0) is 4.74 Å². The predicted molar refractivity (Wildman–Crippen MR) is 118 cm³/mol. The van der Waals surface area contributed by atoms with Gasteiger partial charge in [-0.1, -0.05) is 24.3 Å². The Hall–Kier alpha value is -0.860. The lowest BCUT2D eigenvalue weighted by molar-refractivity contribution is -0.00839. The largest absolute Gasteiger partial charge is 0.370 e. The number of rotatable bonds is 5. The molecule has 5 nitrogen and oxygen atoms in total. The highest BCUT2D eigenvalue weighted by atomic mass is 127. The van der Waals surface area contributed by atoms with Crippen LogP contribution in [0.2, 0.25) is 0 Å². The van der Waals surface area contributed by atoms with Crippen molar-refractivity contribution in [2.24, 2.45) is 4.99 Å². The van der Waals surface area contributed by atoms with E-state index in [1.54, 1.807) is 0 Å². The summed E-state index contributed by atoms with van der Waals surface area (Å²) in [7, 11) is 4.10. The number of benzene rings is 1. The smallest absolute Gasteiger partial charge is 0.193 e. The van der Waals surface area contributed by atoms with Gasteiger partial charge in [0.15, 0.2) is 5.96 Å². The van der Waals surface area contributed by atoms with Crippen LogP contribution < -0.4 is 5.32 Å². The molecule has 0 aromatic heterocycles. The summed E-state index contributed by atoms with van der Waals surface area (Å²) in [6.07, 6.45) is 2.80. The van der Waals surface area contributed by atoms with E-state index in [0.29, 0.717) is 6.04 Å². The van der Waals surface area contributed by atoms with Crippen LogP contribution in [0.1, 0.15) is 37.0 Å². The Labute approximate surface area is 175 Å². The van der Waals surface area contributed by atoms with Crippen LogP contribution in [0.25, 0.3) is 0 Å². The first kappa shape index (κ1) is 21.4. The molecule has 2 atom stereocenters. The molecule has 1 heterocycles. The SMILES string of the molecule is CN=C(NCC(C)N(C)C1CC1)N1CCOC(c2ccccc2C)C1.I. The molecule has 0 amide bonds. The molecule has 1 saturated carbocycles. The average Bonchev–Trinajstić information content (AvgIpc) is 3.47. The van der Waals surface area contributed by atoms with Gasteiger partial charge in [-0.15, -0.1) is 24.0 Å². The Morgan fingerprint density at radius 1 is 1.38 bits per heavy atom. The standard InChI is InChI=1S/C20H32N4O.HI/c1-15-7-5-6-8-18(15)19-14-24(11-12-25-19)20(21-3)22-13-16(2)23(4)17-9-10-17;/h5-8,16-17,19H,9-14H2,1-4H3,(H,21,22);1H. The molecule has 0 bridgehead atoms. The Morgan fingerprint density at radius 2 is 2.12 bits per heavy atom. The van der Waals surface area contributed by atoms with Gasteiger partial charge in [-0.3, -0.25) is 9.89 Å². The van der Waals surface area contributed by atoms with Crippen LogP contribution in [0.3, 0.4) is 0 Å². The zero-order valence-corrected chi connectivity index (χ0v) is 18.8. The number of hydrogen-bond acceptors (Lipinski definition) is 3. The van der Waals surface area contributed by atoms with Crippen molar-refractivity contribution < 1.29 is 4.74 Å². The molecule has 1 aliphatic carbocycles. The molecule has 6 heteroatoms. The highest BCUT2D eigenvalue weighted by Crippen LogP contribution is 2.27. The van der Waals surface area contributed by atoms with E-state index in [2.05, 4.69) is 65.3 Å². The second-order valence-electron chi connectivity index (χ2n) is 7.34. The Kier molecular flexibility index (Phi) is 8.16. The molecule has 1 N–H and O–H groups in total. The molecule has 0 spiro atoms. The Morgan fingerprint density at radius 3 is 2.77 bits per heavy atom. The van der Waals surface area contributed by atoms with Crippen LogP contribution >= 0.6 is 24.0 Å². The van der Waals surface area contributed by atoms with E-state index in [9.17, 15) is 0 Å². The summed E-state index contributed by atoms with van der Waals surface area (Å²) >= 11 is 0. The normalized spacial score (nSPS) is 22.1. The number of ether oxygens (including phenoxy) is 1. The summed E-state index contributed by atoms with van der Waals surface area (Å²) in [6, 6.07) is 9.79. The lowest BCUT2D eigenvalue weighted by Gasteiger charge is -2.36. The van der Waals surface area contributed by atoms with Gasteiger partial charge in [0.05, 0.1) is 13.2 Å². The zero-order chi connectivity index (χ0) is 17.8. The summed E-state index contributed by atoms with van der Waals surface area (Å²) in [4.78, 5) is 9.32. The minimum Gasteiger partial charge on any atom is -0.370 e. The molecule has 2 unspecified atom stereocenters. The number of halogens is 1. The van der Waals surface area contributed by atoms with E-state index in [4.69, 9.17) is 4.74 Å². The lowest BCUT2D eigenvalue weighted by atomic mass is 10.0. The van der Waals surface area contributed by atoms with Gasteiger partial charge in [0.25, 0.3) is 0 Å². The highest BCUT2D eigenvalue weighted by Gasteiger charge is 2.30. The topological polar surface area (TPSA) is 40.1 Å². The van der Waals surface area contributed by atoms with Crippen molar-refractivity contribution in [3.05, 3.63) is 35.4 Å². The third-order valence-corrected chi connectivity index (χ3v) is 5.49. The molecular weight excluding hydrogens is 439 g/mol. The summed E-state index contributed by atoms with van der Waals surface area (Å²) < 4.78 is 6.04. The van der Waals surface area contributed by atoms with Gasteiger partial charge in [-0.05, 0) is 44.9 Å². The van der Waals surface area contributed by atoms with Gasteiger partial charge in [-0.2, -0.15) is 0 Å². The number of aliphatic imine (C=N–C) groups is 1. The maximum atomic E-state index is 6.04. The highest BCUT2D eigenvalue weighted by molar-refractivity contribution is 14.0. The van der Waals surface area contributed by atoms with E-state index in [-0.39, 0.29) is 30.1 Å². The fourth-order valence-electron chi connectivity index (χ4n) is 3.53. The van der Waals surface area contributed by atoms with Gasteiger partial charge in [0.1, 0.15) is 6.10 Å². The van der Waals surface area contributed by atoms with Crippen LogP contribution in [0, 0.1) is 6.92 Å². The van der Waals surface area contributed by atoms with E-state index in [1.165, 1.54) is 24.0 Å². The van der Waals surface area contributed by atoms with Crippen molar-refractivity contribution in [3.8, 4) is 0 Å². The fourth-order valence-corrected chi connectivity index (χ4v) is 3.53. The molecule has 3 rings (SSSR count). The third-order valence-electron chi connectivity index (χ3n) is 5.49. The maximum Gasteiger partial charge on any atom is 0.193 e. The fraction of sp³-hybridized carbons (Fsp3) is 0.650. The predicted octanol–water partition coefficient (Wildman–Crippen LogP) is 3.04. The number of aryl methyl sites for hydroxylation is 1. The van der Waals surface area contributed by atoms with E-state index >= 15 is 0 Å². The number of nitrogens with one attached hydrogen (secondary N) is 1. The molecule has 146 valence electrons. The lowest BCUT2D eigenvalue weighted by Crippen LogP contribution is -2.51. The summed E-state index contributed by atoms with van der Waals surface area (Å²) in [5, 5.41) is 3.57. The Bertz CT molecular complexity index is 605. The second-order valence-corrected chi connectivity index (χ2v) is 7.34. The van der Waals surface area contributed by atoms with Crippen LogP contribution in [0.5, 0.6) is 0 Å². The van der Waals surface area contributed by atoms with Gasteiger partial charge in [-0.25, -0.2) is 0 Å². The van der Waals surface area contributed by atoms with E-state index in [1.807, 2.05) is 7.05 Å². The molecular formula is C20H33IN4O. The van der Waals surface area contributed by atoms with Crippen molar-refractivity contribution in [2.45, 2.75) is 44.9 Å². The molecule has 26 heavy (non-hydrogen) atoms. The zero-order valence-electron chi connectivity index (χ0n) is 16.4. The first-order chi connectivity index (χ1) is 12.1. The van der Waals surface area contributed by atoms with Crippen molar-refractivity contribution in [1.82, 2.24) is 15.1 Å². The van der Waals surface area contributed by atoms with Gasteiger partial charge >= 0.3 is 0 Å². The van der Waals surface area contributed by atoms with Crippen molar-refractivity contribution >= 4 is 29.9 Å². The van der Waals surface area contributed by atoms with Gasteiger partial charge in [0, 0.05) is 32.2 Å². The maximum absolute atomic E-state index is 6.04. The monoisotopic (exact) mass is 472 g/mol. The number of nitrogens with zero attached hydrogens (tertiary/aromatic N) is 3. The number of hydrogen-bond donors (Lipinski definition) is 1.